The van der Waals surface area contributed by atoms with E-state index in [-0.39, 0.29) is 10.7 Å². The summed E-state index contributed by atoms with van der Waals surface area (Å²) in [5.74, 6) is -0.0473. The Morgan fingerprint density at radius 1 is 1.25 bits per heavy atom. The Morgan fingerprint density at radius 3 is 2.60 bits per heavy atom. The lowest BCUT2D eigenvalue weighted by molar-refractivity contribution is -0.112. The Morgan fingerprint density at radius 2 is 1.95 bits per heavy atom. The van der Waals surface area contributed by atoms with Gasteiger partial charge in [0.15, 0.2) is 5.78 Å². The SMILES string of the molecule is CC(=O)/C=C/C1=CN(S(=O)(=O)c2ccccc2)CCC1. The Labute approximate surface area is 119 Å². The molecule has 0 bridgehead atoms. The molecule has 106 valence electrons. The number of carbonyl (C=O) groups excluding carboxylic acids is 1. The molecule has 1 aliphatic heterocycles. The maximum atomic E-state index is 12.5. The molecule has 0 fully saturated rings. The number of hydrogen-bond acceptors (Lipinski definition) is 3. The molecule has 0 amide bonds. The van der Waals surface area contributed by atoms with Crippen LogP contribution in [0.4, 0.5) is 0 Å². The first-order chi connectivity index (χ1) is 9.50. The highest BCUT2D eigenvalue weighted by atomic mass is 32.2. The van der Waals surface area contributed by atoms with Crippen LogP contribution < -0.4 is 0 Å². The zero-order valence-corrected chi connectivity index (χ0v) is 12.1. The van der Waals surface area contributed by atoms with Gasteiger partial charge in [-0.1, -0.05) is 24.3 Å². The third-order valence-electron chi connectivity index (χ3n) is 3.04. The van der Waals surface area contributed by atoms with E-state index >= 15 is 0 Å². The van der Waals surface area contributed by atoms with E-state index in [1.807, 2.05) is 0 Å². The van der Waals surface area contributed by atoms with E-state index in [2.05, 4.69) is 0 Å². The van der Waals surface area contributed by atoms with Gasteiger partial charge in [0.2, 0.25) is 0 Å². The summed E-state index contributed by atoms with van der Waals surface area (Å²) in [7, 11) is -3.50. The van der Waals surface area contributed by atoms with Crippen molar-refractivity contribution in [3.05, 3.63) is 54.3 Å². The molecule has 5 heteroatoms. The number of allylic oxidation sites excluding steroid dienone is 3. The molecule has 0 atom stereocenters. The summed E-state index contributed by atoms with van der Waals surface area (Å²) < 4.78 is 26.3. The van der Waals surface area contributed by atoms with Gasteiger partial charge in [-0.2, -0.15) is 0 Å². The van der Waals surface area contributed by atoms with E-state index in [4.69, 9.17) is 0 Å². The molecule has 0 unspecified atom stereocenters. The molecule has 0 spiro atoms. The lowest BCUT2D eigenvalue weighted by Crippen LogP contribution is -2.29. The van der Waals surface area contributed by atoms with Crippen LogP contribution in [0.25, 0.3) is 0 Å². The lowest BCUT2D eigenvalue weighted by atomic mass is 10.1. The van der Waals surface area contributed by atoms with Crippen LogP contribution in [0.15, 0.2) is 59.2 Å². The van der Waals surface area contributed by atoms with E-state index in [1.54, 1.807) is 42.6 Å². The summed E-state index contributed by atoms with van der Waals surface area (Å²) in [5, 5.41) is 0. The van der Waals surface area contributed by atoms with Crippen molar-refractivity contribution in [2.24, 2.45) is 0 Å². The molecule has 4 nitrogen and oxygen atoms in total. The number of nitrogens with zero attached hydrogens (tertiary/aromatic N) is 1. The van der Waals surface area contributed by atoms with Gasteiger partial charge in [-0.3, -0.25) is 9.10 Å². The average Bonchev–Trinajstić information content (AvgIpc) is 2.46. The quantitative estimate of drug-likeness (QED) is 0.801. The summed E-state index contributed by atoms with van der Waals surface area (Å²) in [6.07, 6.45) is 6.30. The van der Waals surface area contributed by atoms with Gasteiger partial charge in [0.05, 0.1) is 4.90 Å². The zero-order chi connectivity index (χ0) is 14.6. The molecule has 0 saturated carbocycles. The van der Waals surface area contributed by atoms with Gasteiger partial charge in [-0.25, -0.2) is 8.42 Å². The highest BCUT2D eigenvalue weighted by Gasteiger charge is 2.23. The fraction of sp³-hybridized carbons (Fsp3) is 0.267. The van der Waals surface area contributed by atoms with Gasteiger partial charge >= 0.3 is 0 Å². The molecular weight excluding hydrogens is 274 g/mol. The second-order valence-electron chi connectivity index (χ2n) is 4.68. The Kier molecular flexibility index (Phi) is 4.39. The Hall–Kier alpha value is -1.88. The smallest absolute Gasteiger partial charge is 0.263 e. The minimum absolute atomic E-state index is 0.0473. The molecule has 20 heavy (non-hydrogen) atoms. The van der Waals surface area contributed by atoms with Crippen LogP contribution in [0.5, 0.6) is 0 Å². The molecule has 2 rings (SSSR count). The van der Waals surface area contributed by atoms with Crippen molar-refractivity contribution in [3.63, 3.8) is 0 Å². The molecule has 0 N–H and O–H groups in total. The molecule has 0 aliphatic carbocycles. The Bertz CT molecular complexity index is 645. The van der Waals surface area contributed by atoms with Gasteiger partial charge in [0.1, 0.15) is 0 Å². The molecule has 0 radical (unpaired) electrons. The normalized spacial score (nSPS) is 16.2. The maximum absolute atomic E-state index is 12.5. The third-order valence-corrected chi connectivity index (χ3v) is 4.81. The van der Waals surface area contributed by atoms with E-state index < -0.39 is 10.0 Å². The highest BCUT2D eigenvalue weighted by molar-refractivity contribution is 7.89. The summed E-state index contributed by atoms with van der Waals surface area (Å²) >= 11 is 0. The molecule has 0 saturated heterocycles. The average molecular weight is 291 g/mol. The summed E-state index contributed by atoms with van der Waals surface area (Å²) in [6.45, 7) is 1.94. The van der Waals surface area contributed by atoms with Crippen LogP contribution in [0.2, 0.25) is 0 Å². The second-order valence-corrected chi connectivity index (χ2v) is 6.57. The van der Waals surface area contributed by atoms with Crippen molar-refractivity contribution in [1.82, 2.24) is 4.31 Å². The predicted molar refractivity (Wildman–Crippen MR) is 77.5 cm³/mol. The van der Waals surface area contributed by atoms with Gasteiger partial charge in [-0.05, 0) is 43.5 Å². The molecule has 0 aromatic heterocycles. The summed E-state index contributed by atoms with van der Waals surface area (Å²) in [5.41, 5.74) is 0.853. The highest BCUT2D eigenvalue weighted by Crippen LogP contribution is 2.23. The minimum atomic E-state index is -3.50. The van der Waals surface area contributed by atoms with E-state index in [1.165, 1.54) is 17.3 Å². The van der Waals surface area contributed by atoms with Gasteiger partial charge in [0.25, 0.3) is 10.0 Å². The number of benzene rings is 1. The molecule has 1 aliphatic rings. The Balaban J connectivity index is 2.28. The molecular formula is C15H17NO3S. The number of hydrogen-bond donors (Lipinski definition) is 0. The van der Waals surface area contributed by atoms with Crippen LogP contribution in [0, 0.1) is 0 Å². The minimum Gasteiger partial charge on any atom is -0.295 e. The van der Waals surface area contributed by atoms with Crippen LogP contribution >= 0.6 is 0 Å². The van der Waals surface area contributed by atoms with Crippen LogP contribution in [-0.4, -0.2) is 25.1 Å². The first-order valence-electron chi connectivity index (χ1n) is 6.46. The van der Waals surface area contributed by atoms with E-state index in [9.17, 15) is 13.2 Å². The fourth-order valence-corrected chi connectivity index (χ4v) is 3.44. The van der Waals surface area contributed by atoms with Gasteiger partial charge in [0, 0.05) is 12.7 Å². The molecule has 1 aromatic carbocycles. The van der Waals surface area contributed by atoms with Crippen LogP contribution in [0.3, 0.4) is 0 Å². The second kappa shape index (κ2) is 6.05. The number of ketones is 1. The number of rotatable bonds is 4. The zero-order valence-electron chi connectivity index (χ0n) is 11.3. The van der Waals surface area contributed by atoms with Crippen molar-refractivity contribution in [1.29, 1.82) is 0 Å². The van der Waals surface area contributed by atoms with Crippen LogP contribution in [-0.2, 0) is 14.8 Å². The van der Waals surface area contributed by atoms with Crippen molar-refractivity contribution in [3.8, 4) is 0 Å². The molecule has 1 heterocycles. The first-order valence-corrected chi connectivity index (χ1v) is 7.90. The standard InChI is InChI=1S/C15H17NO3S/c1-13(17)9-10-14-6-5-11-16(12-14)20(18,19)15-7-3-2-4-8-15/h2-4,7-10,12H,5-6,11H2,1H3/b10-9+. The van der Waals surface area contributed by atoms with Crippen LogP contribution in [0.1, 0.15) is 19.8 Å². The van der Waals surface area contributed by atoms with Gasteiger partial charge < -0.3 is 0 Å². The van der Waals surface area contributed by atoms with E-state index in [0.29, 0.717) is 6.54 Å². The third kappa shape index (κ3) is 3.36. The fourth-order valence-electron chi connectivity index (χ4n) is 2.02. The number of sulfonamides is 1. The van der Waals surface area contributed by atoms with Crippen molar-refractivity contribution in [2.45, 2.75) is 24.7 Å². The topological polar surface area (TPSA) is 54.5 Å². The summed E-state index contributed by atoms with van der Waals surface area (Å²) in [6, 6.07) is 8.37. The predicted octanol–water partition coefficient (Wildman–Crippen LogP) is 2.50. The molecule has 1 aromatic rings. The van der Waals surface area contributed by atoms with Crippen molar-refractivity contribution in [2.75, 3.05) is 6.54 Å². The monoisotopic (exact) mass is 291 g/mol. The van der Waals surface area contributed by atoms with E-state index in [0.717, 1.165) is 18.4 Å². The number of carbonyl (C=O) groups is 1. The lowest BCUT2D eigenvalue weighted by Gasteiger charge is -2.25. The van der Waals surface area contributed by atoms with Crippen molar-refractivity contribution < 1.29 is 13.2 Å². The maximum Gasteiger partial charge on any atom is 0.263 e. The first kappa shape index (κ1) is 14.5. The largest absolute Gasteiger partial charge is 0.295 e. The van der Waals surface area contributed by atoms with Crippen molar-refractivity contribution >= 4 is 15.8 Å². The summed E-state index contributed by atoms with van der Waals surface area (Å²) in [4.78, 5) is 11.2. The van der Waals surface area contributed by atoms with Gasteiger partial charge in [-0.15, -0.1) is 0 Å².